The minimum atomic E-state index is -0.353. The molecule has 0 spiro atoms. The molecule has 20 heavy (non-hydrogen) atoms. The van der Waals surface area contributed by atoms with Crippen LogP contribution in [0.2, 0.25) is 0 Å². The smallest absolute Gasteiger partial charge is 0.269 e. The van der Waals surface area contributed by atoms with E-state index in [0.717, 1.165) is 43.9 Å². The van der Waals surface area contributed by atoms with Crippen LogP contribution >= 0.6 is 15.9 Å². The number of nitro groups is 1. The summed E-state index contributed by atoms with van der Waals surface area (Å²) >= 11 is 3.42. The molecule has 0 aliphatic carbocycles. The second kappa shape index (κ2) is 7.04. The maximum atomic E-state index is 10.8. The van der Waals surface area contributed by atoms with E-state index in [1.807, 2.05) is 13.1 Å². The molecule has 0 atom stereocenters. The molecule has 5 nitrogen and oxygen atoms in total. The highest BCUT2D eigenvalue weighted by molar-refractivity contribution is 9.08. The standard InChI is InChI=1S/C14H19BrN2O3/c1-16(10-11-4-6-20-7-5-11)14-3-2-13(17(18)19)8-12(14)9-15/h2-3,8,11H,4-7,9-10H2,1H3. The Kier molecular flexibility index (Phi) is 5.37. The van der Waals surface area contributed by atoms with Gasteiger partial charge in [0.2, 0.25) is 0 Å². The number of alkyl halides is 1. The summed E-state index contributed by atoms with van der Waals surface area (Å²) in [5.41, 5.74) is 2.15. The fourth-order valence-electron chi connectivity index (χ4n) is 2.58. The van der Waals surface area contributed by atoms with E-state index < -0.39 is 0 Å². The number of nitrogens with zero attached hydrogens (tertiary/aromatic N) is 2. The Morgan fingerprint density at radius 2 is 2.15 bits per heavy atom. The summed E-state index contributed by atoms with van der Waals surface area (Å²) in [5.74, 6) is 0.632. The van der Waals surface area contributed by atoms with Crippen LogP contribution in [0.1, 0.15) is 18.4 Å². The van der Waals surface area contributed by atoms with Gasteiger partial charge in [0.15, 0.2) is 0 Å². The molecule has 1 saturated heterocycles. The van der Waals surface area contributed by atoms with Gasteiger partial charge in [-0.1, -0.05) is 15.9 Å². The van der Waals surface area contributed by atoms with Crippen LogP contribution in [-0.2, 0) is 10.1 Å². The van der Waals surface area contributed by atoms with E-state index in [9.17, 15) is 10.1 Å². The molecule has 0 bridgehead atoms. The van der Waals surface area contributed by atoms with Gasteiger partial charge in [-0.15, -0.1) is 0 Å². The third kappa shape index (κ3) is 3.70. The molecule has 1 aromatic carbocycles. The summed E-state index contributed by atoms with van der Waals surface area (Å²) in [6.07, 6.45) is 2.17. The maximum Gasteiger partial charge on any atom is 0.269 e. The van der Waals surface area contributed by atoms with Gasteiger partial charge >= 0.3 is 0 Å². The van der Waals surface area contributed by atoms with Crippen molar-refractivity contribution >= 4 is 27.3 Å². The van der Waals surface area contributed by atoms with Gasteiger partial charge in [-0.2, -0.15) is 0 Å². The first-order chi connectivity index (χ1) is 9.61. The Morgan fingerprint density at radius 1 is 1.45 bits per heavy atom. The predicted molar refractivity (Wildman–Crippen MR) is 82.5 cm³/mol. The van der Waals surface area contributed by atoms with Gasteiger partial charge in [-0.05, 0) is 30.4 Å². The first kappa shape index (κ1) is 15.3. The van der Waals surface area contributed by atoms with Crippen LogP contribution in [0.15, 0.2) is 18.2 Å². The van der Waals surface area contributed by atoms with Gasteiger partial charge in [0.1, 0.15) is 0 Å². The van der Waals surface area contributed by atoms with Crippen LogP contribution in [0.3, 0.4) is 0 Å². The van der Waals surface area contributed by atoms with Crippen LogP contribution in [0.25, 0.3) is 0 Å². The highest BCUT2D eigenvalue weighted by Gasteiger charge is 2.18. The summed E-state index contributed by atoms with van der Waals surface area (Å²) in [5, 5.41) is 11.4. The van der Waals surface area contributed by atoms with Crippen LogP contribution in [0.4, 0.5) is 11.4 Å². The Balaban J connectivity index is 2.11. The molecule has 1 aromatic rings. The molecule has 2 rings (SSSR count). The number of nitro benzene ring substituents is 1. The SMILES string of the molecule is CN(CC1CCOCC1)c1ccc([N+](=O)[O-])cc1CBr. The molecular formula is C14H19BrN2O3. The highest BCUT2D eigenvalue weighted by atomic mass is 79.9. The summed E-state index contributed by atoms with van der Waals surface area (Å²) in [6, 6.07) is 5.06. The van der Waals surface area contributed by atoms with Crippen LogP contribution in [0.5, 0.6) is 0 Å². The van der Waals surface area contributed by atoms with Crippen molar-refractivity contribution in [1.82, 2.24) is 0 Å². The molecule has 0 aromatic heterocycles. The number of hydrogen-bond donors (Lipinski definition) is 0. The fraction of sp³-hybridized carbons (Fsp3) is 0.571. The Labute approximate surface area is 127 Å². The summed E-state index contributed by atoms with van der Waals surface area (Å²) in [4.78, 5) is 12.7. The lowest BCUT2D eigenvalue weighted by Crippen LogP contribution is -2.30. The van der Waals surface area contributed by atoms with Crippen molar-refractivity contribution in [2.75, 3.05) is 31.7 Å². The number of hydrogen-bond acceptors (Lipinski definition) is 4. The average Bonchev–Trinajstić information content (AvgIpc) is 2.47. The van der Waals surface area contributed by atoms with E-state index in [-0.39, 0.29) is 10.6 Å². The fourth-order valence-corrected chi connectivity index (χ4v) is 3.03. The van der Waals surface area contributed by atoms with Crippen molar-refractivity contribution in [2.24, 2.45) is 5.92 Å². The average molecular weight is 343 g/mol. The topological polar surface area (TPSA) is 55.6 Å². The first-order valence-corrected chi connectivity index (χ1v) is 7.86. The monoisotopic (exact) mass is 342 g/mol. The minimum Gasteiger partial charge on any atom is -0.381 e. The van der Waals surface area contributed by atoms with Gasteiger partial charge in [0.25, 0.3) is 5.69 Å². The lowest BCUT2D eigenvalue weighted by atomic mass is 9.99. The van der Waals surface area contributed by atoms with Gasteiger partial charge in [0.05, 0.1) is 4.92 Å². The molecular weight excluding hydrogens is 324 g/mol. The van der Waals surface area contributed by atoms with Crippen molar-refractivity contribution in [3.63, 3.8) is 0 Å². The van der Waals surface area contributed by atoms with E-state index in [0.29, 0.717) is 11.2 Å². The lowest BCUT2D eigenvalue weighted by molar-refractivity contribution is -0.384. The molecule has 0 saturated carbocycles. The molecule has 1 heterocycles. The molecule has 1 aliphatic heterocycles. The van der Waals surface area contributed by atoms with Crippen molar-refractivity contribution in [3.8, 4) is 0 Å². The quantitative estimate of drug-likeness (QED) is 0.467. The maximum absolute atomic E-state index is 10.8. The second-order valence-electron chi connectivity index (χ2n) is 5.14. The molecule has 0 unspecified atom stereocenters. The van der Waals surface area contributed by atoms with Crippen molar-refractivity contribution < 1.29 is 9.66 Å². The molecule has 1 aliphatic rings. The lowest BCUT2D eigenvalue weighted by Gasteiger charge is -2.29. The highest BCUT2D eigenvalue weighted by Crippen LogP contribution is 2.28. The normalized spacial score (nSPS) is 16.1. The molecule has 6 heteroatoms. The zero-order valence-corrected chi connectivity index (χ0v) is 13.1. The molecule has 0 radical (unpaired) electrons. The van der Waals surface area contributed by atoms with Gasteiger partial charge in [-0.3, -0.25) is 10.1 Å². The van der Waals surface area contributed by atoms with Crippen LogP contribution < -0.4 is 4.90 Å². The summed E-state index contributed by atoms with van der Waals surface area (Å²) in [6.45, 7) is 2.63. The van der Waals surface area contributed by atoms with Gasteiger partial charge in [-0.25, -0.2) is 0 Å². The van der Waals surface area contributed by atoms with Crippen LogP contribution in [-0.4, -0.2) is 31.7 Å². The number of rotatable bonds is 5. The molecule has 110 valence electrons. The number of ether oxygens (including phenoxy) is 1. The Morgan fingerprint density at radius 3 is 2.75 bits per heavy atom. The number of anilines is 1. The summed E-state index contributed by atoms with van der Waals surface area (Å²) < 4.78 is 5.37. The zero-order chi connectivity index (χ0) is 14.5. The van der Waals surface area contributed by atoms with E-state index in [1.165, 1.54) is 0 Å². The third-order valence-corrected chi connectivity index (χ3v) is 4.31. The van der Waals surface area contributed by atoms with Crippen molar-refractivity contribution in [2.45, 2.75) is 18.2 Å². The van der Waals surface area contributed by atoms with E-state index in [2.05, 4.69) is 20.8 Å². The van der Waals surface area contributed by atoms with E-state index in [4.69, 9.17) is 4.74 Å². The van der Waals surface area contributed by atoms with Gasteiger partial charge in [0, 0.05) is 50.0 Å². The minimum absolute atomic E-state index is 0.141. The molecule has 0 N–H and O–H groups in total. The number of non-ortho nitro benzene ring substituents is 1. The van der Waals surface area contributed by atoms with Crippen LogP contribution in [0, 0.1) is 16.0 Å². The van der Waals surface area contributed by atoms with E-state index >= 15 is 0 Å². The first-order valence-electron chi connectivity index (χ1n) is 6.74. The molecule has 0 amide bonds. The van der Waals surface area contributed by atoms with Crippen molar-refractivity contribution in [1.29, 1.82) is 0 Å². The largest absolute Gasteiger partial charge is 0.381 e. The summed E-state index contributed by atoms with van der Waals surface area (Å²) in [7, 11) is 2.04. The number of halogens is 1. The predicted octanol–water partition coefficient (Wildman–Crippen LogP) is 3.35. The Hall–Kier alpha value is -1.14. The number of benzene rings is 1. The zero-order valence-electron chi connectivity index (χ0n) is 11.5. The van der Waals surface area contributed by atoms with E-state index in [1.54, 1.807) is 12.1 Å². The van der Waals surface area contributed by atoms with Gasteiger partial charge < -0.3 is 9.64 Å². The molecule has 1 fully saturated rings. The second-order valence-corrected chi connectivity index (χ2v) is 5.70. The van der Waals surface area contributed by atoms with Crippen molar-refractivity contribution in [3.05, 3.63) is 33.9 Å². The third-order valence-electron chi connectivity index (χ3n) is 3.70. The Bertz CT molecular complexity index is 475.